The SMILES string of the molecule is COc1c(F)cc(-c2cccnc2SC(C)C)cc1F. The van der Waals surface area contributed by atoms with E-state index in [1.165, 1.54) is 19.2 Å². The molecule has 0 aliphatic heterocycles. The van der Waals surface area contributed by atoms with Gasteiger partial charge in [-0.3, -0.25) is 0 Å². The van der Waals surface area contributed by atoms with Crippen LogP contribution in [0.25, 0.3) is 11.1 Å². The fourth-order valence-corrected chi connectivity index (χ4v) is 2.72. The summed E-state index contributed by atoms with van der Waals surface area (Å²) in [6.45, 7) is 4.08. The number of halogens is 2. The molecule has 1 aromatic heterocycles. The van der Waals surface area contributed by atoms with Gasteiger partial charge in [-0.05, 0) is 23.8 Å². The van der Waals surface area contributed by atoms with Crippen molar-refractivity contribution in [2.24, 2.45) is 0 Å². The molecular weight excluding hydrogens is 280 g/mol. The maximum absolute atomic E-state index is 13.8. The van der Waals surface area contributed by atoms with Crippen molar-refractivity contribution in [1.29, 1.82) is 0 Å². The number of nitrogens with zero attached hydrogens (tertiary/aromatic N) is 1. The zero-order chi connectivity index (χ0) is 14.7. The van der Waals surface area contributed by atoms with Crippen LogP contribution in [-0.4, -0.2) is 17.3 Å². The van der Waals surface area contributed by atoms with Crippen molar-refractivity contribution in [2.75, 3.05) is 7.11 Å². The highest BCUT2D eigenvalue weighted by molar-refractivity contribution is 7.99. The first-order valence-electron chi connectivity index (χ1n) is 6.18. The highest BCUT2D eigenvalue weighted by Crippen LogP contribution is 2.34. The topological polar surface area (TPSA) is 22.1 Å². The summed E-state index contributed by atoms with van der Waals surface area (Å²) >= 11 is 1.55. The molecule has 2 aromatic rings. The van der Waals surface area contributed by atoms with Crippen LogP contribution in [0.2, 0.25) is 0 Å². The van der Waals surface area contributed by atoms with Crippen molar-refractivity contribution >= 4 is 11.8 Å². The Kier molecular flexibility index (Phi) is 4.60. The standard InChI is InChI=1S/C15H15F2NOS/c1-9(2)20-15-11(5-4-6-18-15)10-7-12(16)14(19-3)13(17)8-10/h4-9H,1-3H3. The van der Waals surface area contributed by atoms with Crippen molar-refractivity contribution < 1.29 is 13.5 Å². The third kappa shape index (κ3) is 3.10. The maximum atomic E-state index is 13.8. The van der Waals surface area contributed by atoms with Crippen molar-refractivity contribution in [3.8, 4) is 16.9 Å². The molecule has 0 unspecified atom stereocenters. The van der Waals surface area contributed by atoms with E-state index >= 15 is 0 Å². The Bertz CT molecular complexity index is 594. The first kappa shape index (κ1) is 14.8. The van der Waals surface area contributed by atoms with E-state index in [2.05, 4.69) is 4.98 Å². The van der Waals surface area contributed by atoms with Gasteiger partial charge in [0, 0.05) is 17.0 Å². The summed E-state index contributed by atoms with van der Waals surface area (Å²) in [6.07, 6.45) is 1.67. The van der Waals surface area contributed by atoms with Crippen LogP contribution in [0.1, 0.15) is 13.8 Å². The highest BCUT2D eigenvalue weighted by Gasteiger charge is 2.15. The summed E-state index contributed by atoms with van der Waals surface area (Å²) in [5, 5.41) is 1.09. The Labute approximate surface area is 121 Å². The number of benzene rings is 1. The smallest absolute Gasteiger partial charge is 0.190 e. The van der Waals surface area contributed by atoms with Gasteiger partial charge in [-0.15, -0.1) is 11.8 Å². The minimum Gasteiger partial charge on any atom is -0.491 e. The predicted molar refractivity (Wildman–Crippen MR) is 77.1 cm³/mol. The van der Waals surface area contributed by atoms with Gasteiger partial charge < -0.3 is 4.74 Å². The molecule has 0 saturated carbocycles. The molecule has 1 aromatic carbocycles. The molecule has 0 aliphatic rings. The summed E-state index contributed by atoms with van der Waals surface area (Å²) in [5.74, 6) is -1.80. The normalized spacial score (nSPS) is 10.9. The average molecular weight is 295 g/mol. The van der Waals surface area contributed by atoms with Gasteiger partial charge in [-0.2, -0.15) is 0 Å². The summed E-state index contributed by atoms with van der Waals surface area (Å²) in [5.41, 5.74) is 1.17. The van der Waals surface area contributed by atoms with E-state index < -0.39 is 11.6 Å². The number of aromatic nitrogens is 1. The number of methoxy groups -OCH3 is 1. The fraction of sp³-hybridized carbons (Fsp3) is 0.267. The third-order valence-electron chi connectivity index (χ3n) is 2.63. The molecule has 2 rings (SSSR count). The predicted octanol–water partition coefficient (Wildman–Crippen LogP) is 4.54. The average Bonchev–Trinajstić information content (AvgIpc) is 2.38. The van der Waals surface area contributed by atoms with E-state index in [1.807, 2.05) is 13.8 Å². The molecule has 0 spiro atoms. The highest BCUT2D eigenvalue weighted by atomic mass is 32.2. The van der Waals surface area contributed by atoms with Gasteiger partial charge in [0.25, 0.3) is 0 Å². The lowest BCUT2D eigenvalue weighted by Crippen LogP contribution is -1.96. The van der Waals surface area contributed by atoms with Gasteiger partial charge in [0.15, 0.2) is 17.4 Å². The van der Waals surface area contributed by atoms with E-state index in [0.717, 1.165) is 5.03 Å². The number of thioether (sulfide) groups is 1. The fourth-order valence-electron chi connectivity index (χ4n) is 1.84. The lowest BCUT2D eigenvalue weighted by Gasteiger charge is -2.11. The van der Waals surface area contributed by atoms with Crippen LogP contribution >= 0.6 is 11.8 Å². The van der Waals surface area contributed by atoms with Crippen molar-refractivity contribution in [3.63, 3.8) is 0 Å². The van der Waals surface area contributed by atoms with Crippen LogP contribution in [-0.2, 0) is 0 Å². The number of rotatable bonds is 4. The molecule has 0 bridgehead atoms. The molecule has 2 nitrogen and oxygen atoms in total. The molecule has 0 amide bonds. The second kappa shape index (κ2) is 6.22. The number of hydrogen-bond donors (Lipinski definition) is 0. The van der Waals surface area contributed by atoms with Crippen molar-refractivity contribution in [2.45, 2.75) is 24.1 Å². The van der Waals surface area contributed by atoms with Crippen LogP contribution in [0.3, 0.4) is 0 Å². The van der Waals surface area contributed by atoms with Crippen molar-refractivity contribution in [3.05, 3.63) is 42.1 Å². The summed E-state index contributed by atoms with van der Waals surface area (Å²) in [6, 6.07) is 6.09. The molecule has 20 heavy (non-hydrogen) atoms. The Morgan fingerprint density at radius 3 is 2.40 bits per heavy atom. The monoisotopic (exact) mass is 295 g/mol. The molecule has 0 N–H and O–H groups in total. The van der Waals surface area contributed by atoms with E-state index in [4.69, 9.17) is 4.74 Å². The van der Waals surface area contributed by atoms with E-state index in [0.29, 0.717) is 16.4 Å². The Hall–Kier alpha value is -1.62. The lowest BCUT2D eigenvalue weighted by atomic mass is 10.1. The second-order valence-electron chi connectivity index (χ2n) is 4.50. The van der Waals surface area contributed by atoms with Gasteiger partial charge in [-0.1, -0.05) is 19.9 Å². The molecule has 0 atom stereocenters. The minimum atomic E-state index is -0.716. The van der Waals surface area contributed by atoms with Crippen LogP contribution < -0.4 is 4.74 Å². The molecule has 0 radical (unpaired) electrons. The van der Waals surface area contributed by atoms with Crippen LogP contribution in [0.4, 0.5) is 8.78 Å². The van der Waals surface area contributed by atoms with Gasteiger partial charge in [0.2, 0.25) is 0 Å². The van der Waals surface area contributed by atoms with E-state index in [1.54, 1.807) is 30.1 Å². The molecular formula is C15H15F2NOS. The third-order valence-corrected chi connectivity index (χ3v) is 3.65. The Morgan fingerprint density at radius 2 is 1.85 bits per heavy atom. The van der Waals surface area contributed by atoms with Crippen LogP contribution in [0, 0.1) is 11.6 Å². The zero-order valence-electron chi connectivity index (χ0n) is 11.5. The van der Waals surface area contributed by atoms with Gasteiger partial charge >= 0.3 is 0 Å². The second-order valence-corrected chi connectivity index (χ2v) is 6.06. The molecule has 106 valence electrons. The molecule has 0 saturated heterocycles. The van der Waals surface area contributed by atoms with Crippen molar-refractivity contribution in [1.82, 2.24) is 4.98 Å². The zero-order valence-corrected chi connectivity index (χ0v) is 12.3. The summed E-state index contributed by atoms with van der Waals surface area (Å²) < 4.78 is 32.3. The molecule has 0 fully saturated rings. The molecule has 1 heterocycles. The quantitative estimate of drug-likeness (QED) is 0.773. The molecule has 5 heteroatoms. The Morgan fingerprint density at radius 1 is 1.20 bits per heavy atom. The Balaban J connectivity index is 2.52. The lowest BCUT2D eigenvalue weighted by molar-refractivity contribution is 0.360. The number of ether oxygens (including phenoxy) is 1. The minimum absolute atomic E-state index is 0.330. The van der Waals surface area contributed by atoms with E-state index in [-0.39, 0.29) is 5.75 Å². The largest absolute Gasteiger partial charge is 0.491 e. The van der Waals surface area contributed by atoms with E-state index in [9.17, 15) is 8.78 Å². The van der Waals surface area contributed by atoms with Gasteiger partial charge in [0.05, 0.1) is 7.11 Å². The number of pyridine rings is 1. The van der Waals surface area contributed by atoms with Crippen LogP contribution in [0.5, 0.6) is 5.75 Å². The maximum Gasteiger partial charge on any atom is 0.190 e. The first-order chi connectivity index (χ1) is 9.52. The number of hydrogen-bond acceptors (Lipinski definition) is 3. The van der Waals surface area contributed by atoms with Gasteiger partial charge in [-0.25, -0.2) is 13.8 Å². The van der Waals surface area contributed by atoms with Gasteiger partial charge in [0.1, 0.15) is 5.03 Å². The first-order valence-corrected chi connectivity index (χ1v) is 7.06. The summed E-state index contributed by atoms with van der Waals surface area (Å²) in [7, 11) is 1.24. The summed E-state index contributed by atoms with van der Waals surface area (Å²) in [4.78, 5) is 4.28. The molecule has 0 aliphatic carbocycles. The van der Waals surface area contributed by atoms with Crippen LogP contribution in [0.15, 0.2) is 35.5 Å².